The highest BCUT2D eigenvalue weighted by atomic mass is 16.6. The van der Waals surface area contributed by atoms with E-state index in [2.05, 4.69) is 33.9 Å². The number of hydrogen-bond acceptors (Lipinski definition) is 2. The Morgan fingerprint density at radius 2 is 2.15 bits per heavy atom. The van der Waals surface area contributed by atoms with Gasteiger partial charge in [0.1, 0.15) is 17.5 Å². The molecule has 0 aliphatic carbocycles. The van der Waals surface area contributed by atoms with E-state index >= 15 is 0 Å². The van der Waals surface area contributed by atoms with Crippen molar-refractivity contribution in [1.29, 1.82) is 0 Å². The van der Waals surface area contributed by atoms with Gasteiger partial charge in [-0.15, -0.1) is 0 Å². The van der Waals surface area contributed by atoms with Crippen molar-refractivity contribution in [1.82, 2.24) is 9.88 Å². The van der Waals surface area contributed by atoms with Crippen LogP contribution in [0.5, 0.6) is 0 Å². The number of ether oxygens (including phenoxy) is 1. The lowest BCUT2D eigenvalue weighted by molar-refractivity contribution is -0.671. The number of nitrogens with one attached hydrogen (secondary N) is 1. The minimum atomic E-state index is -0.447. The molecule has 0 aromatic carbocycles. The van der Waals surface area contributed by atoms with Crippen LogP contribution in [0.15, 0.2) is 12.5 Å². The number of rotatable bonds is 6. The first kappa shape index (κ1) is 16.5. The number of amides is 1. The molecule has 0 unspecified atom stereocenters. The number of imidazole rings is 1. The lowest BCUT2D eigenvalue weighted by atomic mass is 10.2. The van der Waals surface area contributed by atoms with Gasteiger partial charge < -0.3 is 10.1 Å². The van der Waals surface area contributed by atoms with Gasteiger partial charge in [-0.1, -0.05) is 13.3 Å². The van der Waals surface area contributed by atoms with Crippen LogP contribution >= 0.6 is 0 Å². The summed E-state index contributed by atoms with van der Waals surface area (Å²) in [4.78, 5) is 11.6. The Bertz CT molecular complexity index is 433. The van der Waals surface area contributed by atoms with Gasteiger partial charge in [0.05, 0.1) is 13.6 Å². The predicted octanol–water partition coefficient (Wildman–Crippen LogP) is 2.18. The predicted molar refractivity (Wildman–Crippen MR) is 78.5 cm³/mol. The van der Waals surface area contributed by atoms with Gasteiger partial charge in [-0.3, -0.25) is 0 Å². The van der Waals surface area contributed by atoms with Crippen LogP contribution in [0, 0.1) is 0 Å². The van der Waals surface area contributed by atoms with Crippen molar-refractivity contribution in [2.45, 2.75) is 59.1 Å². The molecule has 1 aromatic rings. The lowest BCUT2D eigenvalue weighted by Crippen LogP contribution is -2.33. The molecule has 0 bridgehead atoms. The van der Waals surface area contributed by atoms with Crippen molar-refractivity contribution in [3.63, 3.8) is 0 Å². The van der Waals surface area contributed by atoms with Gasteiger partial charge in [0.2, 0.25) is 6.33 Å². The molecule has 1 amide bonds. The summed E-state index contributed by atoms with van der Waals surface area (Å²) in [7, 11) is 2.02. The van der Waals surface area contributed by atoms with Crippen LogP contribution < -0.4 is 9.88 Å². The largest absolute Gasteiger partial charge is 0.444 e. The van der Waals surface area contributed by atoms with Crippen LogP contribution in [0.2, 0.25) is 0 Å². The average Bonchev–Trinajstić information content (AvgIpc) is 2.64. The Hall–Kier alpha value is -1.52. The molecule has 0 fully saturated rings. The van der Waals surface area contributed by atoms with E-state index in [1.54, 1.807) is 0 Å². The number of aryl methyl sites for hydroxylation is 2. The molecule has 0 atom stereocenters. The second-order valence-corrected chi connectivity index (χ2v) is 6.13. The Kier molecular flexibility index (Phi) is 6.05. The second-order valence-electron chi connectivity index (χ2n) is 6.13. The van der Waals surface area contributed by atoms with Gasteiger partial charge in [0, 0.05) is 13.0 Å². The van der Waals surface area contributed by atoms with E-state index < -0.39 is 5.60 Å². The van der Waals surface area contributed by atoms with Crippen molar-refractivity contribution in [2.75, 3.05) is 6.54 Å². The van der Waals surface area contributed by atoms with E-state index in [0.29, 0.717) is 6.54 Å². The second kappa shape index (κ2) is 7.31. The zero-order chi connectivity index (χ0) is 15.2. The summed E-state index contributed by atoms with van der Waals surface area (Å²) in [6, 6.07) is 0. The maximum atomic E-state index is 11.6. The highest BCUT2D eigenvalue weighted by Crippen LogP contribution is 2.06. The molecule has 0 saturated carbocycles. The standard InChI is InChI=1S/C15H27N3O2/c1-6-7-10-18-12-17(5)11-13(18)8-9-16-14(19)20-15(2,3)4/h11-12H,6-10H2,1-5H3/p+1. The summed E-state index contributed by atoms with van der Waals surface area (Å²) in [5, 5.41) is 2.80. The molecule has 1 heterocycles. The van der Waals surface area contributed by atoms with Crippen LogP contribution in [-0.4, -0.2) is 22.8 Å². The summed E-state index contributed by atoms with van der Waals surface area (Å²) in [6.45, 7) is 9.39. The molecule has 1 rings (SSSR count). The van der Waals surface area contributed by atoms with Crippen LogP contribution in [0.4, 0.5) is 4.79 Å². The number of nitrogens with zero attached hydrogens (tertiary/aromatic N) is 2. The van der Waals surface area contributed by atoms with Crippen molar-refractivity contribution in [3.8, 4) is 0 Å². The molecular weight excluding hydrogens is 254 g/mol. The lowest BCUT2D eigenvalue weighted by Gasteiger charge is -2.19. The number of hydrogen-bond donors (Lipinski definition) is 1. The van der Waals surface area contributed by atoms with Gasteiger partial charge in [-0.25, -0.2) is 13.9 Å². The third kappa shape index (κ3) is 6.08. The zero-order valence-electron chi connectivity index (χ0n) is 13.4. The van der Waals surface area contributed by atoms with E-state index in [1.807, 2.05) is 27.8 Å². The first-order valence-corrected chi connectivity index (χ1v) is 7.33. The summed E-state index contributed by atoms with van der Waals surface area (Å²) in [5.74, 6) is 0. The van der Waals surface area contributed by atoms with E-state index in [9.17, 15) is 4.79 Å². The maximum absolute atomic E-state index is 11.6. The topological polar surface area (TPSA) is 47.1 Å². The third-order valence-corrected chi connectivity index (χ3v) is 2.85. The Morgan fingerprint density at radius 1 is 1.45 bits per heavy atom. The molecule has 0 radical (unpaired) electrons. The molecule has 0 aliphatic rings. The van der Waals surface area contributed by atoms with Gasteiger partial charge in [0.25, 0.3) is 0 Å². The molecule has 0 saturated heterocycles. The number of carbonyl (C=O) groups excluding carboxylic acids is 1. The molecule has 20 heavy (non-hydrogen) atoms. The Balaban J connectivity index is 2.43. The smallest absolute Gasteiger partial charge is 0.407 e. The molecule has 1 aromatic heterocycles. The highest BCUT2D eigenvalue weighted by Gasteiger charge is 2.16. The maximum Gasteiger partial charge on any atom is 0.407 e. The number of alkyl carbamates (subject to hydrolysis) is 1. The van der Waals surface area contributed by atoms with Crippen molar-refractivity contribution in [2.24, 2.45) is 7.05 Å². The van der Waals surface area contributed by atoms with Gasteiger partial charge in [0.15, 0.2) is 0 Å². The highest BCUT2D eigenvalue weighted by molar-refractivity contribution is 5.67. The van der Waals surface area contributed by atoms with Crippen molar-refractivity contribution in [3.05, 3.63) is 18.2 Å². The fourth-order valence-electron chi connectivity index (χ4n) is 1.98. The molecule has 114 valence electrons. The van der Waals surface area contributed by atoms with Crippen LogP contribution in [0.1, 0.15) is 46.2 Å². The first-order chi connectivity index (χ1) is 9.31. The van der Waals surface area contributed by atoms with Crippen LogP contribution in [-0.2, 0) is 24.8 Å². The number of aromatic nitrogens is 2. The molecule has 5 heteroatoms. The van der Waals surface area contributed by atoms with E-state index in [4.69, 9.17) is 4.74 Å². The van der Waals surface area contributed by atoms with E-state index in [-0.39, 0.29) is 6.09 Å². The monoisotopic (exact) mass is 282 g/mol. The van der Waals surface area contributed by atoms with E-state index in [1.165, 1.54) is 18.5 Å². The fraction of sp³-hybridized carbons (Fsp3) is 0.733. The van der Waals surface area contributed by atoms with Crippen molar-refractivity contribution < 1.29 is 14.1 Å². The van der Waals surface area contributed by atoms with Gasteiger partial charge in [-0.2, -0.15) is 0 Å². The van der Waals surface area contributed by atoms with Gasteiger partial charge >= 0.3 is 6.09 Å². The summed E-state index contributed by atoms with van der Waals surface area (Å²) >= 11 is 0. The molecular formula is C15H28N3O2+. The third-order valence-electron chi connectivity index (χ3n) is 2.85. The minimum absolute atomic E-state index is 0.353. The quantitative estimate of drug-likeness (QED) is 0.813. The van der Waals surface area contributed by atoms with Crippen LogP contribution in [0.3, 0.4) is 0 Å². The normalized spacial score (nSPS) is 11.4. The number of unbranched alkanes of at least 4 members (excludes halogenated alkanes) is 1. The average molecular weight is 282 g/mol. The first-order valence-electron chi connectivity index (χ1n) is 7.33. The van der Waals surface area contributed by atoms with Crippen molar-refractivity contribution >= 4 is 6.09 Å². The van der Waals surface area contributed by atoms with Crippen LogP contribution in [0.25, 0.3) is 0 Å². The van der Waals surface area contributed by atoms with E-state index in [0.717, 1.165) is 13.0 Å². The fourth-order valence-corrected chi connectivity index (χ4v) is 1.98. The molecule has 0 spiro atoms. The summed E-state index contributed by atoms with van der Waals surface area (Å²) in [6.07, 6.45) is 7.00. The summed E-state index contributed by atoms with van der Waals surface area (Å²) < 4.78 is 9.52. The Labute approximate surface area is 121 Å². The molecule has 5 nitrogen and oxygen atoms in total. The Morgan fingerprint density at radius 3 is 2.75 bits per heavy atom. The van der Waals surface area contributed by atoms with Gasteiger partial charge in [-0.05, 0) is 27.2 Å². The minimum Gasteiger partial charge on any atom is -0.444 e. The zero-order valence-corrected chi connectivity index (χ0v) is 13.4. The molecule has 1 N–H and O–H groups in total. The summed E-state index contributed by atoms with van der Waals surface area (Å²) in [5.41, 5.74) is 0.787. The molecule has 0 aliphatic heterocycles. The SMILES string of the molecule is CCCCn1c[n+](C)cc1CCNC(=O)OC(C)(C)C. The number of carbonyl (C=O) groups is 1.